The van der Waals surface area contributed by atoms with Crippen molar-refractivity contribution >= 4 is 22.6 Å². The van der Waals surface area contributed by atoms with Gasteiger partial charge >= 0.3 is 0 Å². The number of nitrogens with zero attached hydrogens (tertiary/aromatic N) is 1. The lowest BCUT2D eigenvalue weighted by Gasteiger charge is -2.47. The van der Waals surface area contributed by atoms with E-state index in [9.17, 15) is 13.8 Å². The van der Waals surface area contributed by atoms with E-state index >= 15 is 0 Å². The van der Waals surface area contributed by atoms with Gasteiger partial charge in [0.15, 0.2) is 0 Å². The van der Waals surface area contributed by atoms with E-state index in [-0.39, 0.29) is 17.9 Å². The molecule has 0 bridgehead atoms. The topological polar surface area (TPSA) is 66.5 Å². The molecule has 6 heteroatoms. The van der Waals surface area contributed by atoms with Gasteiger partial charge in [-0.25, -0.2) is 0 Å². The van der Waals surface area contributed by atoms with Crippen LogP contribution in [-0.4, -0.2) is 50.6 Å². The molecule has 3 atom stereocenters. The predicted octanol–water partition coefficient (Wildman–Crippen LogP) is 1.05. The first-order chi connectivity index (χ1) is 9.29. The average Bonchev–Trinajstić information content (AvgIpc) is 2.41. The molecule has 0 aromatic carbocycles. The van der Waals surface area contributed by atoms with Crippen LogP contribution in [0.3, 0.4) is 0 Å². The molecule has 1 aliphatic heterocycles. The van der Waals surface area contributed by atoms with E-state index in [1.54, 1.807) is 18.1 Å². The van der Waals surface area contributed by atoms with Crippen LogP contribution in [0.4, 0.5) is 0 Å². The van der Waals surface area contributed by atoms with E-state index in [1.165, 1.54) is 0 Å². The molecule has 5 nitrogen and oxygen atoms in total. The van der Waals surface area contributed by atoms with Gasteiger partial charge in [-0.3, -0.25) is 13.8 Å². The maximum absolute atomic E-state index is 12.8. The molecule has 0 spiro atoms. The number of rotatable bonds is 6. The van der Waals surface area contributed by atoms with Crippen molar-refractivity contribution in [1.29, 1.82) is 0 Å². The Labute approximate surface area is 123 Å². The zero-order valence-electron chi connectivity index (χ0n) is 13.1. The Balaban J connectivity index is 2.98. The van der Waals surface area contributed by atoms with E-state index in [2.05, 4.69) is 5.32 Å². The summed E-state index contributed by atoms with van der Waals surface area (Å²) in [4.78, 5) is 26.6. The number of piperazine rings is 1. The number of hydrogen-bond acceptors (Lipinski definition) is 3. The van der Waals surface area contributed by atoms with Crippen LogP contribution < -0.4 is 5.32 Å². The fraction of sp³-hybridized carbons (Fsp3) is 0.857. The number of amides is 2. The maximum Gasteiger partial charge on any atom is 0.249 e. The zero-order valence-corrected chi connectivity index (χ0v) is 13.9. The Morgan fingerprint density at radius 3 is 2.35 bits per heavy atom. The highest BCUT2D eigenvalue weighted by atomic mass is 32.2. The molecule has 0 radical (unpaired) electrons. The van der Waals surface area contributed by atoms with Crippen LogP contribution in [0, 0.1) is 0 Å². The van der Waals surface area contributed by atoms with Crippen LogP contribution in [-0.2, 0) is 20.4 Å². The highest BCUT2D eigenvalue weighted by Crippen LogP contribution is 2.27. The van der Waals surface area contributed by atoms with E-state index in [1.807, 2.05) is 20.8 Å². The predicted molar refractivity (Wildman–Crippen MR) is 80.8 cm³/mol. The zero-order chi connectivity index (χ0) is 15.5. The number of nitrogens with one attached hydrogen (secondary N) is 1. The van der Waals surface area contributed by atoms with Gasteiger partial charge in [0.1, 0.15) is 11.6 Å². The number of carbonyl (C=O) groups is 2. The van der Waals surface area contributed by atoms with Crippen molar-refractivity contribution in [2.24, 2.45) is 0 Å². The minimum atomic E-state index is -0.883. The van der Waals surface area contributed by atoms with Crippen molar-refractivity contribution in [3.63, 3.8) is 0 Å². The molecule has 0 aromatic rings. The molecule has 1 heterocycles. The van der Waals surface area contributed by atoms with Crippen molar-refractivity contribution in [3.05, 3.63) is 0 Å². The van der Waals surface area contributed by atoms with E-state index in [4.69, 9.17) is 0 Å². The molecule has 116 valence electrons. The molecule has 0 aliphatic carbocycles. The van der Waals surface area contributed by atoms with Crippen LogP contribution in [0.1, 0.15) is 47.0 Å². The molecular formula is C14H26N2O3S. The molecule has 2 amide bonds. The quantitative estimate of drug-likeness (QED) is 0.797. The SMILES string of the molecule is CCC1(CC)NC(=O)C(C)N(C(C)CCS(C)=O)C1=O. The largest absolute Gasteiger partial charge is 0.340 e. The fourth-order valence-corrected chi connectivity index (χ4v) is 3.40. The maximum atomic E-state index is 12.8. The van der Waals surface area contributed by atoms with Crippen LogP contribution in [0.2, 0.25) is 0 Å². The molecule has 1 saturated heterocycles. The Hall–Kier alpha value is -0.910. The summed E-state index contributed by atoms with van der Waals surface area (Å²) >= 11 is 0. The summed E-state index contributed by atoms with van der Waals surface area (Å²) in [7, 11) is -0.883. The van der Waals surface area contributed by atoms with Gasteiger partial charge in [-0.2, -0.15) is 0 Å². The Morgan fingerprint density at radius 2 is 1.90 bits per heavy atom. The summed E-state index contributed by atoms with van der Waals surface area (Å²) in [6, 6.07) is -0.543. The second-order valence-electron chi connectivity index (χ2n) is 5.58. The number of carbonyl (C=O) groups excluding carboxylic acids is 2. The highest BCUT2D eigenvalue weighted by molar-refractivity contribution is 7.84. The molecule has 0 aromatic heterocycles. The molecule has 1 aliphatic rings. The lowest BCUT2D eigenvalue weighted by atomic mass is 9.86. The molecule has 3 unspecified atom stereocenters. The van der Waals surface area contributed by atoms with Gasteiger partial charge in [-0.15, -0.1) is 0 Å². The van der Waals surface area contributed by atoms with Gasteiger partial charge in [0.25, 0.3) is 0 Å². The average molecular weight is 302 g/mol. The van der Waals surface area contributed by atoms with Crippen LogP contribution in [0.25, 0.3) is 0 Å². The summed E-state index contributed by atoms with van der Waals surface area (Å²) in [5.41, 5.74) is -0.775. The van der Waals surface area contributed by atoms with Gasteiger partial charge < -0.3 is 10.2 Å². The van der Waals surface area contributed by atoms with E-state index in [0.717, 1.165) is 0 Å². The lowest BCUT2D eigenvalue weighted by Crippen LogP contribution is -2.70. The lowest BCUT2D eigenvalue weighted by molar-refractivity contribution is -0.157. The van der Waals surface area contributed by atoms with Crippen molar-refractivity contribution in [2.45, 2.75) is 64.6 Å². The first-order valence-corrected chi connectivity index (χ1v) is 8.96. The second kappa shape index (κ2) is 6.70. The van der Waals surface area contributed by atoms with Crippen molar-refractivity contribution in [2.75, 3.05) is 12.0 Å². The third kappa shape index (κ3) is 3.22. The van der Waals surface area contributed by atoms with Crippen molar-refractivity contribution in [3.8, 4) is 0 Å². The first kappa shape index (κ1) is 17.1. The minimum absolute atomic E-state index is 0.0102. The Kier molecular flexibility index (Phi) is 5.74. The first-order valence-electron chi connectivity index (χ1n) is 7.23. The van der Waals surface area contributed by atoms with Crippen molar-refractivity contribution in [1.82, 2.24) is 10.2 Å². The molecule has 0 saturated carbocycles. The Morgan fingerprint density at radius 1 is 1.35 bits per heavy atom. The van der Waals surface area contributed by atoms with Gasteiger partial charge in [-0.1, -0.05) is 13.8 Å². The summed E-state index contributed by atoms with van der Waals surface area (Å²) in [5.74, 6) is 0.437. The molecular weight excluding hydrogens is 276 g/mol. The second-order valence-corrected chi connectivity index (χ2v) is 7.14. The summed E-state index contributed by atoms with van der Waals surface area (Å²) in [6.45, 7) is 7.51. The van der Waals surface area contributed by atoms with Crippen LogP contribution in [0.5, 0.6) is 0 Å². The normalized spacial score (nSPS) is 25.2. The number of hydrogen-bond donors (Lipinski definition) is 1. The fourth-order valence-electron chi connectivity index (χ4n) is 2.73. The van der Waals surface area contributed by atoms with Gasteiger partial charge in [-0.05, 0) is 33.1 Å². The minimum Gasteiger partial charge on any atom is -0.340 e. The molecule has 1 fully saturated rings. The van der Waals surface area contributed by atoms with E-state index in [0.29, 0.717) is 25.0 Å². The van der Waals surface area contributed by atoms with E-state index < -0.39 is 22.4 Å². The smallest absolute Gasteiger partial charge is 0.249 e. The summed E-state index contributed by atoms with van der Waals surface area (Å²) in [5, 5.41) is 2.89. The van der Waals surface area contributed by atoms with Crippen LogP contribution in [0.15, 0.2) is 0 Å². The third-order valence-electron chi connectivity index (χ3n) is 4.31. The monoisotopic (exact) mass is 302 g/mol. The Bertz CT molecular complexity index is 407. The summed E-state index contributed by atoms with van der Waals surface area (Å²) in [6.07, 6.45) is 3.48. The molecule has 20 heavy (non-hydrogen) atoms. The van der Waals surface area contributed by atoms with Crippen molar-refractivity contribution < 1.29 is 13.8 Å². The third-order valence-corrected chi connectivity index (χ3v) is 5.12. The molecule has 1 N–H and O–H groups in total. The summed E-state index contributed by atoms with van der Waals surface area (Å²) < 4.78 is 11.2. The molecule has 1 rings (SSSR count). The van der Waals surface area contributed by atoms with Gasteiger partial charge in [0.05, 0.1) is 0 Å². The van der Waals surface area contributed by atoms with Gasteiger partial charge in [0, 0.05) is 28.9 Å². The van der Waals surface area contributed by atoms with Crippen LogP contribution >= 0.6 is 0 Å². The van der Waals surface area contributed by atoms with Gasteiger partial charge in [0.2, 0.25) is 11.8 Å². The standard InChI is InChI=1S/C14H26N2O3S/c1-6-14(7-2)13(18)16(11(4)12(17)15-14)10(3)8-9-20(5)19/h10-11H,6-9H2,1-5H3,(H,15,17). The highest BCUT2D eigenvalue weighted by Gasteiger charge is 2.48.